The monoisotopic (exact) mass is 358 g/mol. The summed E-state index contributed by atoms with van der Waals surface area (Å²) in [6.07, 6.45) is -10.7. The number of aliphatic hydroxyl groups excluding tert-OH is 1. The van der Waals surface area contributed by atoms with E-state index >= 15 is 0 Å². The van der Waals surface area contributed by atoms with Gasteiger partial charge in [0.2, 0.25) is 0 Å². The third-order valence-electron chi connectivity index (χ3n) is 7.42. The van der Waals surface area contributed by atoms with E-state index in [-0.39, 0.29) is 23.7 Å². The van der Waals surface area contributed by atoms with E-state index in [1.165, 1.54) is 0 Å². The molecule has 0 saturated heterocycles. The number of alkyl halides is 6. The van der Waals surface area contributed by atoms with Crippen LogP contribution in [0.25, 0.3) is 0 Å². The quantitative estimate of drug-likeness (QED) is 0.586. The Morgan fingerprint density at radius 1 is 0.750 bits per heavy atom. The normalized spacial score (nSPS) is 47.5. The molecule has 4 fully saturated rings. The Bertz CT molecular complexity index is 516. The number of hydrogen-bond donors (Lipinski definition) is 2. The standard InChI is InChI=1S/C16H20F6O2/c17-15(18,19)14(24,16(20,21)22)5-8-1-6-2-9(8)13-10-3-7(12(6)13)4-11(10)23/h6-13,23-24H,1-5H2. The second-order valence-corrected chi connectivity index (χ2v) is 8.33. The smallest absolute Gasteiger partial charge is 0.393 e. The lowest BCUT2D eigenvalue weighted by Crippen LogP contribution is -2.58. The molecule has 4 rings (SSSR count). The Morgan fingerprint density at radius 3 is 1.88 bits per heavy atom. The molecule has 0 heterocycles. The fourth-order valence-corrected chi connectivity index (χ4v) is 6.71. The van der Waals surface area contributed by atoms with Crippen molar-refractivity contribution in [3.63, 3.8) is 0 Å². The molecule has 2 N–H and O–H groups in total. The highest BCUT2D eigenvalue weighted by Gasteiger charge is 2.73. The molecule has 0 spiro atoms. The summed E-state index contributed by atoms with van der Waals surface area (Å²) in [6, 6.07) is 0. The first-order valence-electron chi connectivity index (χ1n) is 8.48. The van der Waals surface area contributed by atoms with Gasteiger partial charge in [0, 0.05) is 0 Å². The van der Waals surface area contributed by atoms with E-state index < -0.39 is 36.4 Å². The zero-order valence-electron chi connectivity index (χ0n) is 12.8. The van der Waals surface area contributed by atoms with Crippen molar-refractivity contribution in [2.24, 2.45) is 41.4 Å². The Balaban J connectivity index is 1.57. The van der Waals surface area contributed by atoms with E-state index in [4.69, 9.17) is 0 Å². The largest absolute Gasteiger partial charge is 0.426 e. The van der Waals surface area contributed by atoms with Gasteiger partial charge in [0.05, 0.1) is 6.10 Å². The van der Waals surface area contributed by atoms with Crippen LogP contribution in [0.5, 0.6) is 0 Å². The molecule has 0 amide bonds. The van der Waals surface area contributed by atoms with Gasteiger partial charge in [0.15, 0.2) is 0 Å². The van der Waals surface area contributed by atoms with Gasteiger partial charge in [0.25, 0.3) is 5.60 Å². The molecule has 4 bridgehead atoms. The van der Waals surface area contributed by atoms with Crippen LogP contribution in [-0.4, -0.2) is 34.3 Å². The molecule has 0 aliphatic heterocycles. The molecule has 0 aromatic rings. The van der Waals surface area contributed by atoms with Crippen molar-refractivity contribution in [3.05, 3.63) is 0 Å². The maximum Gasteiger partial charge on any atom is 0.426 e. The molecule has 4 aliphatic rings. The molecule has 24 heavy (non-hydrogen) atoms. The summed E-state index contributed by atoms with van der Waals surface area (Å²) in [5.74, 6) is -0.0918. The summed E-state index contributed by atoms with van der Waals surface area (Å²) in [6.45, 7) is 0. The van der Waals surface area contributed by atoms with Crippen LogP contribution in [0.2, 0.25) is 0 Å². The summed E-state index contributed by atoms with van der Waals surface area (Å²) in [5, 5.41) is 19.6. The minimum absolute atomic E-state index is 0.0164. The van der Waals surface area contributed by atoms with Crippen LogP contribution >= 0.6 is 0 Å². The maximum absolute atomic E-state index is 13.0. The van der Waals surface area contributed by atoms with Crippen molar-refractivity contribution in [1.82, 2.24) is 0 Å². The first kappa shape index (κ1) is 16.9. The molecule has 0 aromatic carbocycles. The average Bonchev–Trinajstić information content (AvgIpc) is 3.12. The minimum atomic E-state index is -5.74. The summed E-state index contributed by atoms with van der Waals surface area (Å²) in [5.41, 5.74) is -4.64. The third kappa shape index (κ3) is 2.04. The van der Waals surface area contributed by atoms with E-state index in [1.54, 1.807) is 0 Å². The van der Waals surface area contributed by atoms with Crippen LogP contribution in [0.4, 0.5) is 26.3 Å². The van der Waals surface area contributed by atoms with Crippen LogP contribution in [-0.2, 0) is 0 Å². The number of aliphatic hydroxyl groups is 2. The Morgan fingerprint density at radius 2 is 1.29 bits per heavy atom. The molecular weight excluding hydrogens is 338 g/mol. The Labute approximate surface area is 135 Å². The van der Waals surface area contributed by atoms with E-state index in [1.807, 2.05) is 0 Å². The first-order valence-corrected chi connectivity index (χ1v) is 8.48. The molecule has 4 aliphatic carbocycles. The van der Waals surface area contributed by atoms with Crippen LogP contribution in [0.15, 0.2) is 0 Å². The second-order valence-electron chi connectivity index (χ2n) is 8.33. The van der Waals surface area contributed by atoms with E-state index in [0.717, 1.165) is 12.8 Å². The zero-order valence-corrected chi connectivity index (χ0v) is 12.8. The van der Waals surface area contributed by atoms with Crippen molar-refractivity contribution < 1.29 is 36.6 Å². The van der Waals surface area contributed by atoms with Gasteiger partial charge in [-0.05, 0) is 73.5 Å². The van der Waals surface area contributed by atoms with E-state index in [2.05, 4.69) is 0 Å². The number of fused-ring (bicyclic) bond motifs is 9. The van der Waals surface area contributed by atoms with Gasteiger partial charge in [-0.2, -0.15) is 26.3 Å². The maximum atomic E-state index is 13.0. The fourth-order valence-electron chi connectivity index (χ4n) is 6.71. The minimum Gasteiger partial charge on any atom is -0.393 e. The molecule has 4 saturated carbocycles. The van der Waals surface area contributed by atoms with Crippen molar-refractivity contribution >= 4 is 0 Å². The number of rotatable bonds is 2. The van der Waals surface area contributed by atoms with Crippen LogP contribution < -0.4 is 0 Å². The molecule has 8 heteroatoms. The van der Waals surface area contributed by atoms with Crippen molar-refractivity contribution in [2.75, 3.05) is 0 Å². The molecule has 8 unspecified atom stereocenters. The third-order valence-corrected chi connectivity index (χ3v) is 7.42. The number of hydrogen-bond acceptors (Lipinski definition) is 2. The van der Waals surface area contributed by atoms with Crippen LogP contribution in [0.3, 0.4) is 0 Å². The zero-order chi connectivity index (χ0) is 17.7. The van der Waals surface area contributed by atoms with Gasteiger partial charge in [-0.1, -0.05) is 0 Å². The lowest BCUT2D eigenvalue weighted by atomic mass is 9.65. The second kappa shape index (κ2) is 4.81. The van der Waals surface area contributed by atoms with Crippen molar-refractivity contribution in [2.45, 2.75) is 56.2 Å². The molecule has 8 atom stereocenters. The average molecular weight is 358 g/mol. The summed E-state index contributed by atoms with van der Waals surface area (Å²) in [4.78, 5) is 0. The first-order chi connectivity index (χ1) is 10.9. The molecular formula is C16H20F6O2. The lowest BCUT2D eigenvalue weighted by Gasteiger charge is -2.43. The van der Waals surface area contributed by atoms with Gasteiger partial charge in [0.1, 0.15) is 0 Å². The molecule has 0 aromatic heterocycles. The van der Waals surface area contributed by atoms with Crippen molar-refractivity contribution in [3.8, 4) is 0 Å². The summed E-state index contributed by atoms with van der Waals surface area (Å²) < 4.78 is 77.8. The molecule has 2 nitrogen and oxygen atoms in total. The topological polar surface area (TPSA) is 40.5 Å². The SMILES string of the molecule is OC1CC2CC1C1C3CC(CC3CC(O)(C(F)(F)F)C(F)(F)F)C21. The Kier molecular flexibility index (Phi) is 3.40. The Hall–Kier alpha value is -0.500. The summed E-state index contributed by atoms with van der Waals surface area (Å²) >= 11 is 0. The van der Waals surface area contributed by atoms with Gasteiger partial charge < -0.3 is 10.2 Å². The van der Waals surface area contributed by atoms with Crippen LogP contribution in [0, 0.1) is 41.4 Å². The van der Waals surface area contributed by atoms with Crippen molar-refractivity contribution in [1.29, 1.82) is 0 Å². The highest BCUT2D eigenvalue weighted by molar-refractivity contribution is 5.14. The van der Waals surface area contributed by atoms with Gasteiger partial charge >= 0.3 is 12.4 Å². The lowest BCUT2D eigenvalue weighted by molar-refractivity contribution is -0.373. The van der Waals surface area contributed by atoms with Crippen LogP contribution in [0.1, 0.15) is 32.1 Å². The van der Waals surface area contributed by atoms with Gasteiger partial charge in [-0.15, -0.1) is 0 Å². The van der Waals surface area contributed by atoms with Gasteiger partial charge in [-0.3, -0.25) is 0 Å². The predicted molar refractivity (Wildman–Crippen MR) is 70.6 cm³/mol. The molecule has 138 valence electrons. The highest BCUT2D eigenvalue weighted by Crippen LogP contribution is 2.70. The number of halogens is 6. The molecule has 0 radical (unpaired) electrons. The summed E-state index contributed by atoms with van der Waals surface area (Å²) in [7, 11) is 0. The fraction of sp³-hybridized carbons (Fsp3) is 1.00. The highest BCUT2D eigenvalue weighted by atomic mass is 19.4. The van der Waals surface area contributed by atoms with E-state index in [9.17, 15) is 36.6 Å². The van der Waals surface area contributed by atoms with Gasteiger partial charge in [-0.25, -0.2) is 0 Å². The predicted octanol–water partition coefficient (Wildman–Crippen LogP) is 3.52. The van der Waals surface area contributed by atoms with E-state index in [0.29, 0.717) is 24.7 Å².